The van der Waals surface area contributed by atoms with E-state index in [4.69, 9.17) is 38.6 Å². The maximum absolute atomic E-state index is 10.7. The van der Waals surface area contributed by atoms with Crippen molar-refractivity contribution < 1.29 is 24.4 Å². The van der Waals surface area contributed by atoms with Crippen LogP contribution in [0, 0.1) is 0 Å². The molecule has 0 spiro atoms. The molecule has 0 radical (unpaired) electrons. The van der Waals surface area contributed by atoms with Gasteiger partial charge in [0.1, 0.15) is 12.2 Å². The highest BCUT2D eigenvalue weighted by atomic mass is 32.1. The van der Waals surface area contributed by atoms with E-state index in [1.165, 1.54) is 89.9 Å². The van der Waals surface area contributed by atoms with Crippen molar-refractivity contribution in [3.05, 3.63) is 0 Å². The second-order valence-corrected chi connectivity index (χ2v) is 11.6. The zero-order valence-electron chi connectivity index (χ0n) is 23.8. The summed E-state index contributed by atoms with van der Waals surface area (Å²) >= 11 is 10.8. The minimum Gasteiger partial charge on any atom is -0.479 e. The average molecular weight is 561 g/mol. The zero-order chi connectivity index (χ0) is 27.1. The number of aliphatic hydroxyl groups is 2. The van der Waals surface area contributed by atoms with E-state index in [1.807, 2.05) is 0 Å². The van der Waals surface area contributed by atoms with Gasteiger partial charge in [0.05, 0.1) is 13.2 Å². The maximum atomic E-state index is 10.7. The molecular weight excluding hydrogens is 504 g/mol. The number of hydrogen-bond acceptors (Lipinski definition) is 7. The van der Waals surface area contributed by atoms with Gasteiger partial charge < -0.3 is 24.4 Å². The molecule has 5 nitrogen and oxygen atoms in total. The smallest absolute Gasteiger partial charge is 0.160 e. The number of ether oxygens (including phenoxy) is 3. The lowest BCUT2D eigenvalue weighted by molar-refractivity contribution is -0.0615. The van der Waals surface area contributed by atoms with Crippen molar-refractivity contribution in [1.82, 2.24) is 0 Å². The van der Waals surface area contributed by atoms with Gasteiger partial charge in [-0.2, -0.15) is 0 Å². The first kappa shape index (κ1) is 34.7. The van der Waals surface area contributed by atoms with Crippen LogP contribution in [0.2, 0.25) is 0 Å². The summed E-state index contributed by atoms with van der Waals surface area (Å²) in [6, 6.07) is 0. The van der Waals surface area contributed by atoms with Crippen LogP contribution in [0.25, 0.3) is 0 Å². The van der Waals surface area contributed by atoms with Crippen LogP contribution in [0.15, 0.2) is 0 Å². The van der Waals surface area contributed by atoms with Crippen LogP contribution in [-0.4, -0.2) is 57.9 Å². The van der Waals surface area contributed by atoms with Gasteiger partial charge in [0.2, 0.25) is 0 Å². The minimum absolute atomic E-state index is 0.231. The molecule has 4 atom stereocenters. The van der Waals surface area contributed by atoms with Gasteiger partial charge in [-0.15, -0.1) is 0 Å². The summed E-state index contributed by atoms with van der Waals surface area (Å²) in [5.41, 5.74) is 0. The molecule has 1 heterocycles. The molecule has 1 saturated heterocycles. The standard InChI is InChI=1S/C30H56O5S2/c1-3-5-7-9-11-13-15-17-19-21-27(36)34-25(23-31)30-29(32)26(24-33-30)35-28(37)22-20-18-16-14-12-10-8-6-4-2/h25-26,29-32H,3-24H2,1-2H3/t25-,26+,29+,30+/m0/s1. The molecule has 0 saturated carbocycles. The first-order valence-electron chi connectivity index (χ1n) is 15.3. The molecule has 1 aliphatic heterocycles. The Morgan fingerprint density at radius 1 is 0.730 bits per heavy atom. The van der Waals surface area contributed by atoms with Crippen LogP contribution in [0.4, 0.5) is 0 Å². The second kappa shape index (κ2) is 23.5. The quantitative estimate of drug-likeness (QED) is 0.0915. The summed E-state index contributed by atoms with van der Waals surface area (Å²) in [5, 5.41) is 21.6. The third-order valence-electron chi connectivity index (χ3n) is 7.25. The summed E-state index contributed by atoms with van der Waals surface area (Å²) in [6.07, 6.45) is 21.2. The minimum atomic E-state index is -0.909. The molecule has 0 unspecified atom stereocenters. The molecule has 7 heteroatoms. The Kier molecular flexibility index (Phi) is 22.1. The summed E-state index contributed by atoms with van der Waals surface area (Å²) in [6.45, 7) is 4.45. The fraction of sp³-hybridized carbons (Fsp3) is 0.933. The fourth-order valence-corrected chi connectivity index (χ4v) is 5.41. The Hall–Kier alpha value is -0.340. The normalized spacial score (nSPS) is 20.2. The van der Waals surface area contributed by atoms with E-state index in [2.05, 4.69) is 13.8 Å². The van der Waals surface area contributed by atoms with Crippen LogP contribution in [0.3, 0.4) is 0 Å². The van der Waals surface area contributed by atoms with Gasteiger partial charge in [0.15, 0.2) is 22.3 Å². The van der Waals surface area contributed by atoms with E-state index in [9.17, 15) is 10.2 Å². The van der Waals surface area contributed by atoms with E-state index in [0.717, 1.165) is 32.1 Å². The van der Waals surface area contributed by atoms with Gasteiger partial charge in [0.25, 0.3) is 0 Å². The highest BCUT2D eigenvalue weighted by molar-refractivity contribution is 7.80. The molecule has 218 valence electrons. The van der Waals surface area contributed by atoms with Crippen LogP contribution in [0.5, 0.6) is 0 Å². The predicted molar refractivity (Wildman–Crippen MR) is 161 cm³/mol. The SMILES string of the molecule is CCCCCCCCCCCC(=S)O[C@@H](CO)[C@H]1OC[C@@H](OC(=S)CCCCCCCCCCC)[C@H]1O. The summed E-state index contributed by atoms with van der Waals surface area (Å²) < 4.78 is 17.4. The molecule has 1 rings (SSSR count). The topological polar surface area (TPSA) is 68.2 Å². The molecule has 1 aliphatic rings. The van der Waals surface area contributed by atoms with Gasteiger partial charge >= 0.3 is 0 Å². The van der Waals surface area contributed by atoms with Crippen molar-refractivity contribution in [3.63, 3.8) is 0 Å². The van der Waals surface area contributed by atoms with E-state index in [1.54, 1.807) is 0 Å². The zero-order valence-corrected chi connectivity index (χ0v) is 25.4. The van der Waals surface area contributed by atoms with Crippen LogP contribution < -0.4 is 0 Å². The van der Waals surface area contributed by atoms with Crippen molar-refractivity contribution in [2.24, 2.45) is 0 Å². The number of hydrogen-bond donors (Lipinski definition) is 2. The van der Waals surface area contributed by atoms with Crippen molar-refractivity contribution >= 4 is 34.5 Å². The highest BCUT2D eigenvalue weighted by Gasteiger charge is 2.43. The Morgan fingerprint density at radius 3 is 1.62 bits per heavy atom. The monoisotopic (exact) mass is 560 g/mol. The third kappa shape index (κ3) is 17.1. The molecule has 1 fully saturated rings. The molecule has 0 amide bonds. The number of rotatable bonds is 24. The number of unbranched alkanes of at least 4 members (excludes halogenated alkanes) is 16. The van der Waals surface area contributed by atoms with E-state index in [-0.39, 0.29) is 13.2 Å². The van der Waals surface area contributed by atoms with E-state index < -0.39 is 24.4 Å². The van der Waals surface area contributed by atoms with Gasteiger partial charge in [-0.05, 0) is 37.3 Å². The lowest BCUT2D eigenvalue weighted by Crippen LogP contribution is -2.43. The molecule has 2 N–H and O–H groups in total. The summed E-state index contributed by atoms with van der Waals surface area (Å²) in [7, 11) is 0. The lowest BCUT2D eigenvalue weighted by Gasteiger charge is -2.26. The Morgan fingerprint density at radius 2 is 1.16 bits per heavy atom. The average Bonchev–Trinajstić information content (AvgIpc) is 3.24. The molecule has 0 aromatic carbocycles. The fourth-order valence-electron chi connectivity index (χ4n) is 4.87. The Labute approximate surface area is 238 Å². The first-order chi connectivity index (χ1) is 18.0. The molecule has 37 heavy (non-hydrogen) atoms. The molecule has 0 aromatic heterocycles. The summed E-state index contributed by atoms with van der Waals surface area (Å²) in [4.78, 5) is 0. The maximum Gasteiger partial charge on any atom is 0.160 e. The Bertz CT molecular complexity index is 574. The lowest BCUT2D eigenvalue weighted by atomic mass is 10.1. The highest BCUT2D eigenvalue weighted by Crippen LogP contribution is 2.24. The van der Waals surface area contributed by atoms with Crippen LogP contribution in [-0.2, 0) is 14.2 Å². The second-order valence-electron chi connectivity index (χ2n) is 10.7. The predicted octanol–water partition coefficient (Wildman–Crippen LogP) is 8.01. The van der Waals surface area contributed by atoms with Crippen molar-refractivity contribution in [1.29, 1.82) is 0 Å². The molecule has 0 aromatic rings. The Balaban J connectivity index is 2.17. The molecule has 0 aliphatic carbocycles. The van der Waals surface area contributed by atoms with Crippen LogP contribution in [0.1, 0.15) is 142 Å². The van der Waals surface area contributed by atoms with E-state index in [0.29, 0.717) is 16.5 Å². The van der Waals surface area contributed by atoms with Gasteiger partial charge in [-0.25, -0.2) is 0 Å². The number of aliphatic hydroxyl groups excluding tert-OH is 2. The number of thiocarbonyl (C=S) groups is 2. The van der Waals surface area contributed by atoms with Crippen molar-refractivity contribution in [2.45, 2.75) is 167 Å². The first-order valence-corrected chi connectivity index (χ1v) is 16.1. The molecule has 0 bridgehead atoms. The van der Waals surface area contributed by atoms with Gasteiger partial charge in [-0.3, -0.25) is 0 Å². The third-order valence-corrected chi connectivity index (χ3v) is 7.85. The van der Waals surface area contributed by atoms with Gasteiger partial charge in [0, 0.05) is 12.8 Å². The van der Waals surface area contributed by atoms with Crippen LogP contribution >= 0.6 is 24.4 Å². The van der Waals surface area contributed by atoms with Crippen molar-refractivity contribution in [2.75, 3.05) is 13.2 Å². The molecular formula is C30H56O5S2. The van der Waals surface area contributed by atoms with E-state index >= 15 is 0 Å². The van der Waals surface area contributed by atoms with Gasteiger partial charge in [-0.1, -0.05) is 117 Å². The van der Waals surface area contributed by atoms with Crippen molar-refractivity contribution in [3.8, 4) is 0 Å². The summed E-state index contributed by atoms with van der Waals surface area (Å²) in [5.74, 6) is 0. The largest absolute Gasteiger partial charge is 0.479 e.